The van der Waals surface area contributed by atoms with Gasteiger partial charge in [0.15, 0.2) is 0 Å². The molecule has 10 heteroatoms. The first-order valence-corrected chi connectivity index (χ1v) is 12.2. The van der Waals surface area contributed by atoms with Crippen molar-refractivity contribution in [2.75, 3.05) is 19.6 Å². The second kappa shape index (κ2) is 17.0. The number of hydrogen-bond acceptors (Lipinski definition) is 6. The van der Waals surface area contributed by atoms with Gasteiger partial charge >= 0.3 is 23.9 Å². The van der Waals surface area contributed by atoms with E-state index >= 15 is 0 Å². The van der Waals surface area contributed by atoms with Crippen LogP contribution in [0.3, 0.4) is 0 Å². The SMILES string of the molecule is CCN(CC)CC1Cc2ccc(C)cc2C(c2ccccc2)=N1.O=C(O)/C=C\C(=O)O.O=C(O)/C=C\C(=O)O. The lowest BCUT2D eigenvalue weighted by molar-refractivity contribution is -0.134. The van der Waals surface area contributed by atoms with Gasteiger partial charge in [0.2, 0.25) is 0 Å². The second-order valence-corrected chi connectivity index (χ2v) is 8.37. The maximum Gasteiger partial charge on any atom is 0.328 e. The zero-order valence-corrected chi connectivity index (χ0v) is 22.2. The summed E-state index contributed by atoms with van der Waals surface area (Å²) in [5.41, 5.74) is 6.43. The summed E-state index contributed by atoms with van der Waals surface area (Å²) in [5, 5.41) is 31.2. The number of aryl methyl sites for hydroxylation is 1. The van der Waals surface area contributed by atoms with Crippen LogP contribution in [0.25, 0.3) is 0 Å². The summed E-state index contributed by atoms with van der Waals surface area (Å²) in [7, 11) is 0. The average Bonchev–Trinajstić information content (AvgIpc) is 2.90. The standard InChI is InChI=1S/C21H26N2.2C4H4O4/c1-4-23(5-2)15-19-14-18-12-11-16(3)13-20(18)21(22-19)17-9-7-6-8-10-17;2*5-3(6)1-2-4(7)8/h6-13,19H,4-5,14-15H2,1-3H3;2*1-2H,(H,5,6)(H,7,8)/b;2*2-1-. The molecule has 4 N–H and O–H groups in total. The number of likely N-dealkylation sites (N-methyl/N-ethyl adjacent to an activating group) is 1. The van der Waals surface area contributed by atoms with Gasteiger partial charge in [-0.25, -0.2) is 19.2 Å². The largest absolute Gasteiger partial charge is 0.478 e. The minimum absolute atomic E-state index is 0.348. The van der Waals surface area contributed by atoms with E-state index in [0.29, 0.717) is 30.3 Å². The smallest absolute Gasteiger partial charge is 0.328 e. The van der Waals surface area contributed by atoms with Crippen LogP contribution in [0.1, 0.15) is 36.1 Å². The first-order chi connectivity index (χ1) is 18.5. The number of carboxylic acid groups (broad SMARTS) is 4. The number of aliphatic imine (C=N–C) groups is 1. The number of benzene rings is 2. The molecule has 0 radical (unpaired) electrons. The summed E-state index contributed by atoms with van der Waals surface area (Å²) >= 11 is 0. The van der Waals surface area contributed by atoms with Crippen molar-refractivity contribution < 1.29 is 39.6 Å². The number of hydrogen-bond donors (Lipinski definition) is 4. The van der Waals surface area contributed by atoms with Crippen molar-refractivity contribution >= 4 is 29.6 Å². The molecule has 0 saturated heterocycles. The Kier molecular flexibility index (Phi) is 14.2. The summed E-state index contributed by atoms with van der Waals surface area (Å²) in [6.45, 7) is 9.83. The Hall–Kier alpha value is -4.57. The Morgan fingerprint density at radius 3 is 1.74 bits per heavy atom. The number of fused-ring (bicyclic) bond motifs is 1. The summed E-state index contributed by atoms with van der Waals surface area (Å²) < 4.78 is 0. The van der Waals surface area contributed by atoms with Crippen LogP contribution in [-0.4, -0.2) is 80.6 Å². The molecular formula is C29H34N2O8. The van der Waals surface area contributed by atoms with Gasteiger partial charge in [-0.05, 0) is 38.1 Å². The van der Waals surface area contributed by atoms with E-state index in [9.17, 15) is 19.2 Å². The van der Waals surface area contributed by atoms with Crippen LogP contribution in [0.2, 0.25) is 0 Å². The maximum atomic E-state index is 9.55. The average molecular weight is 539 g/mol. The summed E-state index contributed by atoms with van der Waals surface area (Å²) in [5.74, 6) is -5.03. The molecule has 0 spiro atoms. The predicted molar refractivity (Wildman–Crippen MR) is 147 cm³/mol. The molecule has 0 amide bonds. The zero-order chi connectivity index (χ0) is 29.4. The molecule has 2 aromatic rings. The van der Waals surface area contributed by atoms with Gasteiger partial charge in [-0.1, -0.05) is 61.9 Å². The summed E-state index contributed by atoms with van der Waals surface area (Å²) in [4.78, 5) is 45.8. The van der Waals surface area contributed by atoms with Crippen LogP contribution in [-0.2, 0) is 25.6 Å². The summed E-state index contributed by atoms with van der Waals surface area (Å²) in [6, 6.07) is 17.8. The molecule has 3 rings (SSSR count). The van der Waals surface area contributed by atoms with Gasteiger partial charge in [0.1, 0.15) is 0 Å². The number of carbonyl (C=O) groups is 4. The van der Waals surface area contributed by atoms with Crippen LogP contribution in [0.15, 0.2) is 77.8 Å². The van der Waals surface area contributed by atoms with Gasteiger partial charge < -0.3 is 25.3 Å². The lowest BCUT2D eigenvalue weighted by Gasteiger charge is -2.28. The topological polar surface area (TPSA) is 165 Å². The zero-order valence-electron chi connectivity index (χ0n) is 22.2. The van der Waals surface area contributed by atoms with E-state index < -0.39 is 23.9 Å². The van der Waals surface area contributed by atoms with Crippen LogP contribution in [0, 0.1) is 6.92 Å². The molecule has 1 atom stereocenters. The fourth-order valence-corrected chi connectivity index (χ4v) is 3.64. The Labute approximate surface area is 227 Å². The molecule has 1 unspecified atom stereocenters. The van der Waals surface area contributed by atoms with Gasteiger partial charge in [-0.3, -0.25) is 4.99 Å². The first-order valence-electron chi connectivity index (χ1n) is 12.2. The number of carboxylic acids is 4. The van der Waals surface area contributed by atoms with Crippen LogP contribution >= 0.6 is 0 Å². The van der Waals surface area contributed by atoms with Gasteiger partial charge in [0, 0.05) is 42.0 Å². The molecule has 0 saturated carbocycles. The van der Waals surface area contributed by atoms with Crippen molar-refractivity contribution in [1.29, 1.82) is 0 Å². The van der Waals surface area contributed by atoms with E-state index in [2.05, 4.69) is 74.2 Å². The number of aliphatic carboxylic acids is 4. The van der Waals surface area contributed by atoms with Crippen LogP contribution < -0.4 is 0 Å². The quantitative estimate of drug-likeness (QED) is 0.350. The minimum Gasteiger partial charge on any atom is -0.478 e. The molecule has 1 heterocycles. The third-order valence-corrected chi connectivity index (χ3v) is 5.44. The van der Waals surface area contributed by atoms with E-state index in [-0.39, 0.29) is 0 Å². The Morgan fingerprint density at radius 1 is 0.821 bits per heavy atom. The fraction of sp³-hybridized carbons (Fsp3) is 0.276. The van der Waals surface area contributed by atoms with Gasteiger partial charge in [-0.15, -0.1) is 0 Å². The van der Waals surface area contributed by atoms with Crippen molar-refractivity contribution in [3.63, 3.8) is 0 Å². The van der Waals surface area contributed by atoms with Gasteiger partial charge in [-0.2, -0.15) is 0 Å². The molecule has 10 nitrogen and oxygen atoms in total. The lowest BCUT2D eigenvalue weighted by atomic mass is 9.89. The number of rotatable bonds is 9. The molecule has 39 heavy (non-hydrogen) atoms. The Morgan fingerprint density at radius 2 is 1.31 bits per heavy atom. The van der Waals surface area contributed by atoms with Crippen molar-refractivity contribution in [3.05, 3.63) is 95.1 Å². The highest BCUT2D eigenvalue weighted by Gasteiger charge is 2.23. The van der Waals surface area contributed by atoms with Crippen molar-refractivity contribution in [3.8, 4) is 0 Å². The molecule has 2 aromatic carbocycles. The highest BCUT2D eigenvalue weighted by Crippen LogP contribution is 2.25. The molecule has 1 aliphatic rings. The Bertz CT molecular complexity index is 1150. The third-order valence-electron chi connectivity index (χ3n) is 5.44. The van der Waals surface area contributed by atoms with Gasteiger partial charge in [0.05, 0.1) is 11.8 Å². The number of nitrogens with zero attached hydrogens (tertiary/aromatic N) is 2. The molecule has 208 valence electrons. The van der Waals surface area contributed by atoms with Crippen molar-refractivity contribution in [2.45, 2.75) is 33.2 Å². The molecule has 0 aromatic heterocycles. The van der Waals surface area contributed by atoms with E-state index in [1.54, 1.807) is 0 Å². The van der Waals surface area contributed by atoms with Crippen molar-refractivity contribution in [2.24, 2.45) is 4.99 Å². The predicted octanol–water partition coefficient (Wildman–Crippen LogP) is 3.52. The summed E-state index contributed by atoms with van der Waals surface area (Å²) in [6.07, 6.45) is 3.28. The van der Waals surface area contributed by atoms with E-state index in [1.165, 1.54) is 22.3 Å². The Balaban J connectivity index is 0.000000393. The van der Waals surface area contributed by atoms with Crippen LogP contribution in [0.4, 0.5) is 0 Å². The monoisotopic (exact) mass is 538 g/mol. The molecule has 0 fully saturated rings. The maximum absolute atomic E-state index is 9.55. The molecule has 0 bridgehead atoms. The van der Waals surface area contributed by atoms with E-state index in [1.807, 2.05) is 0 Å². The fourth-order valence-electron chi connectivity index (χ4n) is 3.64. The van der Waals surface area contributed by atoms with E-state index in [4.69, 9.17) is 25.4 Å². The second-order valence-electron chi connectivity index (χ2n) is 8.37. The van der Waals surface area contributed by atoms with E-state index in [0.717, 1.165) is 31.8 Å². The highest BCUT2D eigenvalue weighted by atomic mass is 16.4. The van der Waals surface area contributed by atoms with Crippen LogP contribution in [0.5, 0.6) is 0 Å². The molecule has 0 aliphatic carbocycles. The highest BCUT2D eigenvalue weighted by molar-refractivity contribution is 6.14. The lowest BCUT2D eigenvalue weighted by Crippen LogP contribution is -2.35. The first kappa shape index (κ1) is 32.5. The minimum atomic E-state index is -1.26. The third kappa shape index (κ3) is 13.0. The normalized spacial score (nSPS) is 13.9. The molecular weight excluding hydrogens is 504 g/mol. The molecule has 1 aliphatic heterocycles. The van der Waals surface area contributed by atoms with Crippen molar-refractivity contribution in [1.82, 2.24) is 4.90 Å². The van der Waals surface area contributed by atoms with Gasteiger partial charge in [0.25, 0.3) is 0 Å².